The number of hydrogen-bond donors (Lipinski definition) is 1. The molecule has 1 amide bonds. The van der Waals surface area contributed by atoms with Gasteiger partial charge in [-0.25, -0.2) is 9.78 Å². The Balaban J connectivity index is 1.59. The van der Waals surface area contributed by atoms with Crippen molar-refractivity contribution >= 4 is 39.1 Å². The summed E-state index contributed by atoms with van der Waals surface area (Å²) < 4.78 is 5.02. The van der Waals surface area contributed by atoms with Gasteiger partial charge >= 0.3 is 5.97 Å². The highest BCUT2D eigenvalue weighted by Gasteiger charge is 2.28. The van der Waals surface area contributed by atoms with E-state index in [0.29, 0.717) is 16.1 Å². The molecule has 0 aliphatic heterocycles. The summed E-state index contributed by atoms with van der Waals surface area (Å²) in [6.45, 7) is 4.14. The zero-order valence-electron chi connectivity index (χ0n) is 18.8. The van der Waals surface area contributed by atoms with Gasteiger partial charge in [0.2, 0.25) is 0 Å². The van der Waals surface area contributed by atoms with Crippen LogP contribution in [0.3, 0.4) is 0 Å². The maximum Gasteiger partial charge on any atom is 0.341 e. The molecule has 0 unspecified atom stereocenters. The molecule has 2 heterocycles. The van der Waals surface area contributed by atoms with Gasteiger partial charge in [0.25, 0.3) is 5.91 Å². The molecule has 0 radical (unpaired) electrons. The molecule has 0 saturated carbocycles. The lowest BCUT2D eigenvalue weighted by atomic mass is 10.0. The van der Waals surface area contributed by atoms with Crippen molar-refractivity contribution in [3.8, 4) is 11.3 Å². The van der Waals surface area contributed by atoms with Crippen molar-refractivity contribution in [1.82, 2.24) is 4.98 Å². The molecule has 0 bridgehead atoms. The van der Waals surface area contributed by atoms with Crippen LogP contribution in [0, 0.1) is 13.8 Å². The number of carbonyl (C=O) groups excluding carboxylic acids is 2. The number of amides is 1. The van der Waals surface area contributed by atoms with Crippen LogP contribution in [0.1, 0.15) is 48.7 Å². The Labute approximate surface area is 196 Å². The number of benzene rings is 2. The Hall–Kier alpha value is -3.51. The lowest BCUT2D eigenvalue weighted by Crippen LogP contribution is -2.15. The third-order valence-electron chi connectivity index (χ3n) is 6.30. The molecule has 2 aromatic carbocycles. The summed E-state index contributed by atoms with van der Waals surface area (Å²) in [5.74, 6) is -0.663. The summed E-state index contributed by atoms with van der Waals surface area (Å²) in [6.07, 6.45) is 2.78. The van der Waals surface area contributed by atoms with Crippen LogP contribution in [0.25, 0.3) is 22.2 Å². The lowest BCUT2D eigenvalue weighted by molar-refractivity contribution is 0.0601. The van der Waals surface area contributed by atoms with E-state index in [4.69, 9.17) is 9.72 Å². The number of nitrogens with one attached hydrogen (secondary N) is 1. The number of thiophene rings is 1. The number of nitrogens with zero attached hydrogens (tertiary/aromatic N) is 1. The predicted molar refractivity (Wildman–Crippen MR) is 132 cm³/mol. The number of anilines is 1. The highest BCUT2D eigenvalue weighted by molar-refractivity contribution is 7.17. The number of ether oxygens (including phenoxy) is 1. The van der Waals surface area contributed by atoms with Crippen molar-refractivity contribution in [2.75, 3.05) is 12.4 Å². The minimum atomic E-state index is -0.403. The number of fused-ring (bicyclic) bond motifs is 2. The van der Waals surface area contributed by atoms with E-state index >= 15 is 0 Å². The third kappa shape index (κ3) is 3.80. The van der Waals surface area contributed by atoms with Crippen molar-refractivity contribution in [3.63, 3.8) is 0 Å². The van der Waals surface area contributed by atoms with E-state index in [-0.39, 0.29) is 5.91 Å². The number of rotatable bonds is 4. The van der Waals surface area contributed by atoms with Gasteiger partial charge in [-0.05, 0) is 68.0 Å². The first kappa shape index (κ1) is 21.3. The van der Waals surface area contributed by atoms with Gasteiger partial charge < -0.3 is 10.1 Å². The quantitative estimate of drug-likeness (QED) is 0.376. The van der Waals surface area contributed by atoms with E-state index in [0.717, 1.165) is 51.9 Å². The Morgan fingerprint density at radius 2 is 1.85 bits per heavy atom. The monoisotopic (exact) mass is 456 g/mol. The van der Waals surface area contributed by atoms with Gasteiger partial charge in [0.15, 0.2) is 0 Å². The van der Waals surface area contributed by atoms with E-state index in [1.165, 1.54) is 29.6 Å². The van der Waals surface area contributed by atoms with Crippen LogP contribution in [0.15, 0.2) is 48.5 Å². The smallest absolute Gasteiger partial charge is 0.341 e. The second-order valence-electron chi connectivity index (χ2n) is 8.38. The average molecular weight is 457 g/mol. The van der Waals surface area contributed by atoms with Crippen molar-refractivity contribution in [3.05, 3.63) is 81.2 Å². The van der Waals surface area contributed by atoms with Crippen LogP contribution in [-0.4, -0.2) is 24.0 Å². The molecule has 2 aromatic heterocycles. The van der Waals surface area contributed by atoms with E-state index in [9.17, 15) is 9.59 Å². The van der Waals surface area contributed by atoms with E-state index < -0.39 is 5.97 Å². The average Bonchev–Trinajstić information content (AvgIpc) is 3.40. The summed E-state index contributed by atoms with van der Waals surface area (Å²) in [5, 5.41) is 4.34. The Kier molecular flexibility index (Phi) is 5.46. The highest BCUT2D eigenvalue weighted by atomic mass is 32.1. The number of para-hydroxylation sites is 1. The van der Waals surface area contributed by atoms with Gasteiger partial charge in [-0.2, -0.15) is 0 Å². The summed E-state index contributed by atoms with van der Waals surface area (Å²) in [7, 11) is 1.37. The number of aryl methyl sites for hydroxylation is 3. The minimum absolute atomic E-state index is 0.260. The van der Waals surface area contributed by atoms with Gasteiger partial charge in [-0.1, -0.05) is 30.3 Å². The van der Waals surface area contributed by atoms with E-state index in [1.54, 1.807) is 0 Å². The number of carbonyl (C=O) groups is 2. The van der Waals surface area contributed by atoms with Crippen molar-refractivity contribution in [1.29, 1.82) is 0 Å². The largest absolute Gasteiger partial charge is 0.465 e. The fraction of sp³-hybridized carbons (Fsp3) is 0.222. The van der Waals surface area contributed by atoms with E-state index in [2.05, 4.69) is 31.3 Å². The van der Waals surface area contributed by atoms with Crippen LogP contribution in [0.5, 0.6) is 0 Å². The number of hydrogen-bond acceptors (Lipinski definition) is 5. The first-order valence-corrected chi connectivity index (χ1v) is 11.8. The van der Waals surface area contributed by atoms with Crippen LogP contribution in [-0.2, 0) is 17.6 Å². The molecule has 4 aromatic rings. The Morgan fingerprint density at radius 3 is 2.64 bits per heavy atom. The van der Waals surface area contributed by atoms with Gasteiger partial charge in [0.05, 0.1) is 29.4 Å². The maximum atomic E-state index is 13.5. The molecular weight excluding hydrogens is 432 g/mol. The predicted octanol–water partition coefficient (Wildman–Crippen LogP) is 6.11. The first-order chi connectivity index (χ1) is 16.0. The number of methoxy groups -OCH3 is 1. The number of pyridine rings is 1. The third-order valence-corrected chi connectivity index (χ3v) is 7.51. The number of aromatic nitrogens is 1. The van der Waals surface area contributed by atoms with Crippen LogP contribution >= 0.6 is 11.3 Å². The van der Waals surface area contributed by atoms with Gasteiger partial charge in [0, 0.05) is 15.8 Å². The molecule has 33 heavy (non-hydrogen) atoms. The summed E-state index contributed by atoms with van der Waals surface area (Å²) >= 11 is 1.48. The highest BCUT2D eigenvalue weighted by Crippen LogP contribution is 2.40. The fourth-order valence-electron chi connectivity index (χ4n) is 4.39. The molecule has 6 heteroatoms. The molecular formula is C27H24N2O3S. The first-order valence-electron chi connectivity index (χ1n) is 11.0. The topological polar surface area (TPSA) is 68.3 Å². The molecule has 1 aliphatic rings. The molecule has 0 saturated heterocycles. The summed E-state index contributed by atoms with van der Waals surface area (Å²) in [4.78, 5) is 32.0. The van der Waals surface area contributed by atoms with Crippen LogP contribution < -0.4 is 5.32 Å². The van der Waals surface area contributed by atoms with Crippen LogP contribution in [0.4, 0.5) is 5.00 Å². The lowest BCUT2D eigenvalue weighted by Gasteiger charge is -2.12. The Morgan fingerprint density at radius 1 is 1.03 bits per heavy atom. The standard InChI is InChI=1S/C27H24N2O3S/c1-15-11-12-17(13-16(15)2)22-14-20(18-7-4-5-9-21(18)28-22)25(30)29-26-24(27(31)32-3)19-8-6-10-23(19)33-26/h4-5,7,9,11-14H,6,8,10H2,1-3H3,(H,29,30). The fourth-order valence-corrected chi connectivity index (χ4v) is 5.67. The second-order valence-corrected chi connectivity index (χ2v) is 9.48. The molecule has 1 aliphatic carbocycles. The number of esters is 1. The van der Waals surface area contributed by atoms with Crippen molar-refractivity contribution in [2.45, 2.75) is 33.1 Å². The Bertz CT molecular complexity index is 1420. The normalized spacial score (nSPS) is 12.6. The molecule has 166 valence electrons. The minimum Gasteiger partial charge on any atom is -0.465 e. The van der Waals surface area contributed by atoms with Gasteiger partial charge in [0.1, 0.15) is 5.00 Å². The van der Waals surface area contributed by atoms with Gasteiger partial charge in [-0.15, -0.1) is 11.3 Å². The molecule has 0 spiro atoms. The molecule has 5 nitrogen and oxygen atoms in total. The van der Waals surface area contributed by atoms with Crippen molar-refractivity contribution in [2.24, 2.45) is 0 Å². The van der Waals surface area contributed by atoms with E-state index in [1.807, 2.05) is 36.4 Å². The molecule has 0 atom stereocenters. The SMILES string of the molecule is COC(=O)c1c(NC(=O)c2cc(-c3ccc(C)c(C)c3)nc3ccccc23)sc2c1CCC2. The molecule has 0 fully saturated rings. The molecule has 5 rings (SSSR count). The molecule has 1 N–H and O–H groups in total. The summed E-state index contributed by atoms with van der Waals surface area (Å²) in [6, 6.07) is 15.6. The zero-order chi connectivity index (χ0) is 23.1. The second kappa shape index (κ2) is 8.45. The zero-order valence-corrected chi connectivity index (χ0v) is 19.6. The summed E-state index contributed by atoms with van der Waals surface area (Å²) in [5.41, 5.74) is 6.86. The van der Waals surface area contributed by atoms with Crippen molar-refractivity contribution < 1.29 is 14.3 Å². The maximum absolute atomic E-state index is 13.5. The van der Waals surface area contributed by atoms with Gasteiger partial charge in [-0.3, -0.25) is 4.79 Å². The van der Waals surface area contributed by atoms with Crippen LogP contribution in [0.2, 0.25) is 0 Å².